The van der Waals surface area contributed by atoms with Crippen molar-refractivity contribution in [3.63, 3.8) is 0 Å². The molecular weight excluding hydrogens is 274 g/mol. The molecule has 2 aromatic rings. The maximum Gasteiger partial charge on any atom is 0.263 e. The topological polar surface area (TPSA) is 71.4 Å². The van der Waals surface area contributed by atoms with Crippen molar-refractivity contribution in [2.45, 2.75) is 17.9 Å². The highest BCUT2D eigenvalue weighted by Gasteiger charge is 2.30. The summed E-state index contributed by atoms with van der Waals surface area (Å²) < 4.78 is 26.5. The molecule has 1 aliphatic heterocycles. The Morgan fingerprint density at radius 2 is 1.85 bits per heavy atom. The number of pyridine rings is 1. The Balaban J connectivity index is 2.03. The van der Waals surface area contributed by atoms with Crippen LogP contribution in [0.5, 0.6) is 0 Å². The van der Waals surface area contributed by atoms with Gasteiger partial charge in [0.05, 0.1) is 10.9 Å². The van der Waals surface area contributed by atoms with Gasteiger partial charge >= 0.3 is 0 Å². The third-order valence-corrected chi connectivity index (χ3v) is 4.57. The van der Waals surface area contributed by atoms with E-state index < -0.39 is 10.0 Å². The van der Waals surface area contributed by atoms with Gasteiger partial charge in [-0.05, 0) is 36.8 Å². The van der Waals surface area contributed by atoms with Crippen LogP contribution >= 0.6 is 0 Å². The highest BCUT2D eigenvalue weighted by molar-refractivity contribution is 7.90. The van der Waals surface area contributed by atoms with E-state index in [0.717, 1.165) is 5.56 Å². The first kappa shape index (κ1) is 12.8. The van der Waals surface area contributed by atoms with Gasteiger partial charge < -0.3 is 0 Å². The van der Waals surface area contributed by atoms with E-state index in [1.165, 1.54) is 0 Å². The zero-order valence-electron chi connectivity index (χ0n) is 10.8. The number of sulfonamides is 1. The van der Waals surface area contributed by atoms with Gasteiger partial charge in [0.1, 0.15) is 5.84 Å². The molecule has 0 saturated carbocycles. The Morgan fingerprint density at radius 1 is 1.15 bits per heavy atom. The molecule has 102 valence electrons. The fraction of sp³-hybridized carbons (Fsp3) is 0.143. The molecule has 1 N–H and O–H groups in total. The number of aromatic nitrogens is 1. The number of amidine groups is 1. The molecule has 0 fully saturated rings. The molecule has 2 heterocycles. The number of aliphatic imine (C=N–C) groups is 1. The number of hydrogen-bond acceptors (Lipinski definition) is 4. The van der Waals surface area contributed by atoms with Crippen molar-refractivity contribution >= 4 is 15.9 Å². The van der Waals surface area contributed by atoms with Crippen molar-refractivity contribution in [2.75, 3.05) is 0 Å². The van der Waals surface area contributed by atoms with Crippen LogP contribution in [0.3, 0.4) is 0 Å². The van der Waals surface area contributed by atoms with Crippen molar-refractivity contribution < 1.29 is 8.42 Å². The molecule has 6 heteroatoms. The SMILES string of the molecule is CC(N=C1NS(=O)(=O)c2ccccc21)c1ccncc1. The zero-order chi connectivity index (χ0) is 14.2. The summed E-state index contributed by atoms with van der Waals surface area (Å²) in [5, 5.41) is 0. The first-order valence-corrected chi connectivity index (χ1v) is 7.66. The molecule has 1 atom stereocenters. The highest BCUT2D eigenvalue weighted by Crippen LogP contribution is 2.25. The van der Waals surface area contributed by atoms with Gasteiger partial charge in [-0.25, -0.2) is 8.42 Å². The standard InChI is InChI=1S/C14H13N3O2S/c1-10(11-6-8-15-9-7-11)16-14-12-4-2-3-5-13(12)20(18,19)17-14/h2-10H,1H3,(H,16,17). The number of rotatable bonds is 2. The van der Waals surface area contributed by atoms with Crippen LogP contribution in [0.4, 0.5) is 0 Å². The lowest BCUT2D eigenvalue weighted by Crippen LogP contribution is -2.22. The third-order valence-electron chi connectivity index (χ3n) is 3.17. The van der Waals surface area contributed by atoms with E-state index in [9.17, 15) is 8.42 Å². The van der Waals surface area contributed by atoms with Crippen LogP contribution in [-0.4, -0.2) is 19.2 Å². The molecular formula is C14H13N3O2S. The molecule has 1 aromatic carbocycles. The third kappa shape index (κ3) is 2.18. The maximum atomic E-state index is 12.0. The molecule has 20 heavy (non-hydrogen) atoms. The van der Waals surface area contributed by atoms with Gasteiger partial charge in [-0.15, -0.1) is 0 Å². The number of nitrogens with one attached hydrogen (secondary N) is 1. The maximum absolute atomic E-state index is 12.0. The van der Waals surface area contributed by atoms with Crippen molar-refractivity contribution in [1.82, 2.24) is 9.71 Å². The lowest BCUT2D eigenvalue weighted by Gasteiger charge is -2.07. The summed E-state index contributed by atoms with van der Waals surface area (Å²) in [6, 6.07) is 10.4. The van der Waals surface area contributed by atoms with Crippen LogP contribution < -0.4 is 4.72 Å². The zero-order valence-corrected chi connectivity index (χ0v) is 11.6. The van der Waals surface area contributed by atoms with Crippen LogP contribution in [0.1, 0.15) is 24.1 Å². The molecule has 1 aliphatic rings. The normalized spacial score (nSPS) is 19.4. The van der Waals surface area contributed by atoms with E-state index in [0.29, 0.717) is 11.4 Å². The molecule has 1 aromatic heterocycles. The summed E-state index contributed by atoms with van der Waals surface area (Å²) in [6.07, 6.45) is 3.39. The summed E-state index contributed by atoms with van der Waals surface area (Å²) >= 11 is 0. The minimum atomic E-state index is -3.48. The van der Waals surface area contributed by atoms with Crippen molar-refractivity contribution in [3.05, 3.63) is 59.9 Å². The smallest absolute Gasteiger partial charge is 0.263 e. The fourth-order valence-corrected chi connectivity index (χ4v) is 3.38. The molecule has 3 rings (SSSR count). The van der Waals surface area contributed by atoms with Crippen molar-refractivity contribution in [2.24, 2.45) is 4.99 Å². The van der Waals surface area contributed by atoms with E-state index in [2.05, 4.69) is 14.7 Å². The highest BCUT2D eigenvalue weighted by atomic mass is 32.2. The quantitative estimate of drug-likeness (QED) is 0.916. The summed E-state index contributed by atoms with van der Waals surface area (Å²) in [5.41, 5.74) is 1.60. The minimum Gasteiger partial charge on any atom is -0.265 e. The van der Waals surface area contributed by atoms with Crippen LogP contribution in [0, 0.1) is 0 Å². The van der Waals surface area contributed by atoms with E-state index in [4.69, 9.17) is 0 Å². The number of nitrogens with zero attached hydrogens (tertiary/aromatic N) is 2. The van der Waals surface area contributed by atoms with Crippen molar-refractivity contribution in [1.29, 1.82) is 0 Å². The summed E-state index contributed by atoms with van der Waals surface area (Å²) in [7, 11) is -3.48. The predicted molar refractivity (Wildman–Crippen MR) is 76.0 cm³/mol. The molecule has 5 nitrogen and oxygen atoms in total. The molecule has 0 amide bonds. The average molecular weight is 287 g/mol. The molecule has 0 aliphatic carbocycles. The second-order valence-corrected chi connectivity index (χ2v) is 6.19. The Morgan fingerprint density at radius 3 is 2.60 bits per heavy atom. The molecule has 1 unspecified atom stereocenters. The predicted octanol–water partition coefficient (Wildman–Crippen LogP) is 1.88. The summed E-state index contributed by atoms with van der Waals surface area (Å²) in [5.74, 6) is 0.393. The van der Waals surface area contributed by atoms with E-state index in [1.54, 1.807) is 36.7 Å². The summed E-state index contributed by atoms with van der Waals surface area (Å²) in [4.78, 5) is 8.72. The Labute approximate surface area is 117 Å². The largest absolute Gasteiger partial charge is 0.265 e. The second kappa shape index (κ2) is 4.72. The lowest BCUT2D eigenvalue weighted by atomic mass is 10.1. The number of fused-ring (bicyclic) bond motifs is 1. The van der Waals surface area contributed by atoms with Gasteiger partial charge in [-0.3, -0.25) is 14.7 Å². The first-order chi connectivity index (χ1) is 9.58. The minimum absolute atomic E-state index is 0.151. The Hall–Kier alpha value is -2.21. The molecule has 0 spiro atoms. The average Bonchev–Trinajstić information content (AvgIpc) is 2.72. The van der Waals surface area contributed by atoms with E-state index in [-0.39, 0.29) is 10.9 Å². The van der Waals surface area contributed by atoms with Gasteiger partial charge in [0, 0.05) is 18.0 Å². The lowest BCUT2D eigenvalue weighted by molar-refractivity contribution is 0.595. The second-order valence-electron chi connectivity index (χ2n) is 4.54. The summed E-state index contributed by atoms with van der Waals surface area (Å²) in [6.45, 7) is 1.91. The molecule has 0 radical (unpaired) electrons. The number of hydrogen-bond donors (Lipinski definition) is 1. The van der Waals surface area contributed by atoms with Gasteiger partial charge in [0.25, 0.3) is 10.0 Å². The molecule has 0 saturated heterocycles. The van der Waals surface area contributed by atoms with Crippen molar-refractivity contribution in [3.8, 4) is 0 Å². The Bertz CT molecular complexity index is 770. The number of benzene rings is 1. The van der Waals surface area contributed by atoms with E-state index >= 15 is 0 Å². The monoisotopic (exact) mass is 287 g/mol. The van der Waals surface area contributed by atoms with Crippen LogP contribution in [0.25, 0.3) is 0 Å². The van der Waals surface area contributed by atoms with Gasteiger partial charge in [-0.1, -0.05) is 12.1 Å². The first-order valence-electron chi connectivity index (χ1n) is 6.18. The Kier molecular flexibility index (Phi) is 3.02. The van der Waals surface area contributed by atoms with E-state index in [1.807, 2.05) is 19.1 Å². The van der Waals surface area contributed by atoms with Crippen LogP contribution in [0.15, 0.2) is 58.7 Å². The van der Waals surface area contributed by atoms with Crippen LogP contribution in [-0.2, 0) is 10.0 Å². The van der Waals surface area contributed by atoms with Gasteiger partial charge in [0.2, 0.25) is 0 Å². The van der Waals surface area contributed by atoms with Crippen LogP contribution in [0.2, 0.25) is 0 Å². The van der Waals surface area contributed by atoms with Gasteiger partial charge in [0.15, 0.2) is 0 Å². The molecule has 0 bridgehead atoms. The van der Waals surface area contributed by atoms with Gasteiger partial charge in [-0.2, -0.15) is 0 Å². The fourth-order valence-electron chi connectivity index (χ4n) is 2.14.